The zero-order valence-electron chi connectivity index (χ0n) is 12.1. The van der Waals surface area contributed by atoms with Crippen molar-refractivity contribution in [2.45, 2.75) is 32.9 Å². The van der Waals surface area contributed by atoms with Crippen molar-refractivity contribution in [1.82, 2.24) is 20.0 Å². The van der Waals surface area contributed by atoms with Crippen molar-refractivity contribution in [3.8, 4) is 0 Å². The number of aromatic nitrogens is 3. The van der Waals surface area contributed by atoms with Gasteiger partial charge in [-0.15, -0.1) is 0 Å². The first-order valence-electron chi connectivity index (χ1n) is 6.98. The Labute approximate surface area is 119 Å². The van der Waals surface area contributed by atoms with E-state index in [2.05, 4.69) is 33.0 Å². The predicted octanol–water partition coefficient (Wildman–Crippen LogP) is 1.61. The van der Waals surface area contributed by atoms with Gasteiger partial charge in [0.2, 0.25) is 5.89 Å². The number of methoxy groups -OCH3 is 1. The maximum absolute atomic E-state index is 5.20. The molecular formula is C14H22N4O2. The van der Waals surface area contributed by atoms with Crippen LogP contribution in [0.15, 0.2) is 22.9 Å². The van der Waals surface area contributed by atoms with E-state index >= 15 is 0 Å². The second-order valence-electron chi connectivity index (χ2n) is 4.65. The molecule has 110 valence electrons. The fourth-order valence-electron chi connectivity index (χ4n) is 1.98. The molecule has 2 aromatic rings. The normalized spacial score (nSPS) is 11.1. The molecule has 0 saturated heterocycles. The van der Waals surface area contributed by atoms with E-state index < -0.39 is 0 Å². The molecule has 0 radical (unpaired) electrons. The summed E-state index contributed by atoms with van der Waals surface area (Å²) in [5, 5.41) is 7.34. The molecule has 2 aromatic heterocycles. The van der Waals surface area contributed by atoms with Crippen LogP contribution < -0.4 is 5.32 Å². The van der Waals surface area contributed by atoms with Gasteiger partial charge in [0, 0.05) is 38.5 Å². The number of aryl methyl sites for hydroxylation is 1. The molecule has 2 heterocycles. The third kappa shape index (κ3) is 4.18. The lowest BCUT2D eigenvalue weighted by atomic mass is 10.3. The van der Waals surface area contributed by atoms with E-state index in [1.165, 1.54) is 5.69 Å². The maximum atomic E-state index is 5.20. The minimum atomic E-state index is 0.640. The molecule has 0 spiro atoms. The highest BCUT2D eigenvalue weighted by atomic mass is 16.5. The summed E-state index contributed by atoms with van der Waals surface area (Å²) in [6, 6.07) is 4.12. The molecule has 0 bridgehead atoms. The Balaban J connectivity index is 1.90. The summed E-state index contributed by atoms with van der Waals surface area (Å²) in [7, 11) is 1.70. The summed E-state index contributed by atoms with van der Waals surface area (Å²) >= 11 is 0. The molecule has 0 saturated carbocycles. The SMILES string of the molecule is CCCc1nc(Cn2cccc2CNCCOC)no1. The fraction of sp³-hybridized carbons (Fsp3) is 0.571. The van der Waals surface area contributed by atoms with Gasteiger partial charge >= 0.3 is 0 Å². The molecule has 20 heavy (non-hydrogen) atoms. The van der Waals surface area contributed by atoms with Gasteiger partial charge in [-0.2, -0.15) is 4.98 Å². The van der Waals surface area contributed by atoms with E-state index in [0.29, 0.717) is 13.2 Å². The van der Waals surface area contributed by atoms with E-state index in [4.69, 9.17) is 9.26 Å². The van der Waals surface area contributed by atoms with Crippen LogP contribution in [-0.2, 0) is 24.2 Å². The van der Waals surface area contributed by atoms with E-state index in [1.54, 1.807) is 7.11 Å². The van der Waals surface area contributed by atoms with Gasteiger partial charge in [0.1, 0.15) is 0 Å². The summed E-state index contributed by atoms with van der Waals surface area (Å²) in [5.41, 5.74) is 1.20. The van der Waals surface area contributed by atoms with Gasteiger partial charge in [-0.25, -0.2) is 0 Å². The van der Waals surface area contributed by atoms with Crippen molar-refractivity contribution in [2.75, 3.05) is 20.3 Å². The summed E-state index contributed by atoms with van der Waals surface area (Å²) in [6.07, 6.45) is 3.88. The highest BCUT2D eigenvalue weighted by Crippen LogP contribution is 2.07. The largest absolute Gasteiger partial charge is 0.383 e. The molecular weight excluding hydrogens is 256 g/mol. The third-order valence-electron chi connectivity index (χ3n) is 3.00. The molecule has 1 N–H and O–H groups in total. The van der Waals surface area contributed by atoms with Gasteiger partial charge in [0.05, 0.1) is 13.2 Å². The Morgan fingerprint density at radius 3 is 3.15 bits per heavy atom. The van der Waals surface area contributed by atoms with Crippen LogP contribution in [0.1, 0.15) is 30.8 Å². The minimum Gasteiger partial charge on any atom is -0.383 e. The Kier molecular flexibility index (Phi) is 5.76. The van der Waals surface area contributed by atoms with Gasteiger partial charge in [-0.05, 0) is 18.6 Å². The molecule has 2 rings (SSSR count). The molecule has 0 aliphatic heterocycles. The Hall–Kier alpha value is -1.66. The monoisotopic (exact) mass is 278 g/mol. The highest BCUT2D eigenvalue weighted by Gasteiger charge is 2.08. The standard InChI is InChI=1S/C14H22N4O2/c1-3-5-14-16-13(17-20-14)11-18-8-4-6-12(18)10-15-7-9-19-2/h4,6,8,15H,3,5,7,9-11H2,1-2H3. The lowest BCUT2D eigenvalue weighted by Crippen LogP contribution is -2.20. The minimum absolute atomic E-state index is 0.640. The number of hydrogen-bond donors (Lipinski definition) is 1. The number of hydrogen-bond acceptors (Lipinski definition) is 5. The summed E-state index contributed by atoms with van der Waals surface area (Å²) < 4.78 is 12.3. The van der Waals surface area contributed by atoms with Gasteiger partial charge in [-0.1, -0.05) is 12.1 Å². The first-order valence-corrected chi connectivity index (χ1v) is 6.98. The predicted molar refractivity (Wildman–Crippen MR) is 75.4 cm³/mol. The third-order valence-corrected chi connectivity index (χ3v) is 3.00. The molecule has 0 aliphatic rings. The van der Waals surface area contributed by atoms with E-state index in [0.717, 1.165) is 37.6 Å². The number of rotatable bonds is 9. The Morgan fingerprint density at radius 2 is 2.35 bits per heavy atom. The number of nitrogens with one attached hydrogen (secondary N) is 1. The first-order chi connectivity index (χ1) is 9.83. The van der Waals surface area contributed by atoms with Crippen LogP contribution in [0.5, 0.6) is 0 Å². The van der Waals surface area contributed by atoms with E-state index in [1.807, 2.05) is 12.3 Å². The van der Waals surface area contributed by atoms with Crippen molar-refractivity contribution in [3.63, 3.8) is 0 Å². The first kappa shape index (κ1) is 14.7. The van der Waals surface area contributed by atoms with Gasteiger partial charge in [0.25, 0.3) is 0 Å². The molecule has 0 fully saturated rings. The maximum Gasteiger partial charge on any atom is 0.226 e. The quantitative estimate of drug-likeness (QED) is 0.706. The van der Waals surface area contributed by atoms with Crippen LogP contribution in [0.25, 0.3) is 0 Å². The van der Waals surface area contributed by atoms with Crippen molar-refractivity contribution in [3.05, 3.63) is 35.7 Å². The van der Waals surface area contributed by atoms with Crippen LogP contribution in [0.4, 0.5) is 0 Å². The zero-order valence-corrected chi connectivity index (χ0v) is 12.1. The van der Waals surface area contributed by atoms with Crippen molar-refractivity contribution in [1.29, 1.82) is 0 Å². The average molecular weight is 278 g/mol. The molecule has 0 unspecified atom stereocenters. The van der Waals surface area contributed by atoms with Crippen LogP contribution in [0.3, 0.4) is 0 Å². The Morgan fingerprint density at radius 1 is 1.45 bits per heavy atom. The van der Waals surface area contributed by atoms with Crippen LogP contribution >= 0.6 is 0 Å². The van der Waals surface area contributed by atoms with Gasteiger partial charge < -0.3 is 19.1 Å². The topological polar surface area (TPSA) is 65.1 Å². The van der Waals surface area contributed by atoms with Crippen LogP contribution in [0, 0.1) is 0 Å². The van der Waals surface area contributed by atoms with Crippen LogP contribution in [0.2, 0.25) is 0 Å². The van der Waals surface area contributed by atoms with Gasteiger partial charge in [-0.3, -0.25) is 0 Å². The fourth-order valence-corrected chi connectivity index (χ4v) is 1.98. The summed E-state index contributed by atoms with van der Waals surface area (Å²) in [6.45, 7) is 5.09. The van der Waals surface area contributed by atoms with E-state index in [-0.39, 0.29) is 0 Å². The summed E-state index contributed by atoms with van der Waals surface area (Å²) in [4.78, 5) is 4.39. The molecule has 0 amide bonds. The number of ether oxygens (including phenoxy) is 1. The smallest absolute Gasteiger partial charge is 0.226 e. The molecule has 6 heteroatoms. The second kappa shape index (κ2) is 7.81. The van der Waals surface area contributed by atoms with Crippen molar-refractivity contribution >= 4 is 0 Å². The van der Waals surface area contributed by atoms with Crippen LogP contribution in [-0.4, -0.2) is 35.0 Å². The average Bonchev–Trinajstić information content (AvgIpc) is 3.06. The molecule has 0 aliphatic carbocycles. The second-order valence-corrected chi connectivity index (χ2v) is 4.65. The molecule has 0 aromatic carbocycles. The number of nitrogens with zero attached hydrogens (tertiary/aromatic N) is 3. The van der Waals surface area contributed by atoms with Crippen molar-refractivity contribution in [2.24, 2.45) is 0 Å². The zero-order chi connectivity index (χ0) is 14.2. The van der Waals surface area contributed by atoms with E-state index in [9.17, 15) is 0 Å². The molecule has 6 nitrogen and oxygen atoms in total. The highest BCUT2D eigenvalue weighted by molar-refractivity contribution is 5.08. The lowest BCUT2D eigenvalue weighted by Gasteiger charge is -2.08. The van der Waals surface area contributed by atoms with Crippen molar-refractivity contribution < 1.29 is 9.26 Å². The summed E-state index contributed by atoms with van der Waals surface area (Å²) in [5.74, 6) is 1.44. The van der Waals surface area contributed by atoms with Gasteiger partial charge in [0.15, 0.2) is 5.82 Å². The Bertz CT molecular complexity index is 507. The molecule has 0 atom stereocenters. The lowest BCUT2D eigenvalue weighted by molar-refractivity contribution is 0.199.